The molecule has 17 heavy (non-hydrogen) atoms. The van der Waals surface area contributed by atoms with Crippen LogP contribution in [0.1, 0.15) is 11.9 Å². The molecule has 1 unspecified atom stereocenters. The number of aromatic nitrogens is 2. The summed E-state index contributed by atoms with van der Waals surface area (Å²) in [6, 6.07) is -0.888. The van der Waals surface area contributed by atoms with Gasteiger partial charge in [-0.1, -0.05) is 11.3 Å². The SMILES string of the molecule is CC(=O)NC(CSCc1nnc(Cl)s1)C(=O)O. The van der Waals surface area contributed by atoms with Crippen LogP contribution in [-0.4, -0.2) is 39.0 Å². The van der Waals surface area contributed by atoms with E-state index in [1.165, 1.54) is 30.0 Å². The molecule has 0 bridgehead atoms. The summed E-state index contributed by atoms with van der Waals surface area (Å²) >= 11 is 8.21. The van der Waals surface area contributed by atoms with E-state index in [1.807, 2.05) is 0 Å². The number of halogens is 1. The number of hydrogen-bond donors (Lipinski definition) is 2. The molecule has 0 aliphatic rings. The van der Waals surface area contributed by atoms with Gasteiger partial charge in [0.05, 0.1) is 0 Å². The summed E-state index contributed by atoms with van der Waals surface area (Å²) in [5.41, 5.74) is 0. The van der Waals surface area contributed by atoms with Gasteiger partial charge in [-0.05, 0) is 11.6 Å². The number of carbonyl (C=O) groups is 2. The highest BCUT2D eigenvalue weighted by Gasteiger charge is 2.18. The van der Waals surface area contributed by atoms with E-state index in [-0.39, 0.29) is 11.7 Å². The molecule has 6 nitrogen and oxygen atoms in total. The quantitative estimate of drug-likeness (QED) is 0.814. The maximum absolute atomic E-state index is 10.8. The molecule has 2 N–H and O–H groups in total. The van der Waals surface area contributed by atoms with Gasteiger partial charge in [0.1, 0.15) is 11.0 Å². The Kier molecular flexibility index (Phi) is 5.66. The van der Waals surface area contributed by atoms with Gasteiger partial charge in [-0.3, -0.25) is 4.79 Å². The first kappa shape index (κ1) is 14.2. The maximum atomic E-state index is 10.8. The Bertz CT molecular complexity index is 412. The van der Waals surface area contributed by atoms with Gasteiger partial charge in [-0.2, -0.15) is 11.8 Å². The molecule has 0 aliphatic carbocycles. The normalized spacial score (nSPS) is 12.1. The minimum absolute atomic E-state index is 0.270. The van der Waals surface area contributed by atoms with Crippen LogP contribution in [0.25, 0.3) is 0 Å². The number of nitrogens with one attached hydrogen (secondary N) is 1. The predicted octanol–water partition coefficient (Wildman–Crippen LogP) is 1.01. The lowest BCUT2D eigenvalue weighted by Crippen LogP contribution is -2.41. The average Bonchev–Trinajstić information content (AvgIpc) is 2.62. The van der Waals surface area contributed by atoms with Gasteiger partial charge >= 0.3 is 5.97 Å². The molecule has 94 valence electrons. The molecular formula is C8H10ClN3O3S2. The van der Waals surface area contributed by atoms with E-state index in [9.17, 15) is 9.59 Å². The number of hydrogen-bond acceptors (Lipinski definition) is 6. The van der Waals surface area contributed by atoms with Crippen LogP contribution in [0.15, 0.2) is 0 Å². The highest BCUT2D eigenvalue weighted by molar-refractivity contribution is 7.98. The first-order valence-electron chi connectivity index (χ1n) is 4.54. The highest BCUT2D eigenvalue weighted by atomic mass is 35.5. The summed E-state index contributed by atoms with van der Waals surface area (Å²) in [6.45, 7) is 1.28. The topological polar surface area (TPSA) is 92.2 Å². The number of aliphatic carboxylic acids is 1. The lowest BCUT2D eigenvalue weighted by atomic mass is 10.3. The van der Waals surface area contributed by atoms with Crippen LogP contribution < -0.4 is 5.32 Å². The molecule has 0 fully saturated rings. The molecule has 1 rings (SSSR count). The van der Waals surface area contributed by atoms with Crippen molar-refractivity contribution in [3.8, 4) is 0 Å². The fourth-order valence-electron chi connectivity index (χ4n) is 0.976. The van der Waals surface area contributed by atoms with Crippen molar-refractivity contribution in [1.29, 1.82) is 0 Å². The number of rotatable bonds is 6. The number of carbonyl (C=O) groups excluding carboxylic acids is 1. The van der Waals surface area contributed by atoms with Crippen LogP contribution in [0.4, 0.5) is 0 Å². The van der Waals surface area contributed by atoms with Crippen molar-refractivity contribution in [3.05, 3.63) is 9.47 Å². The van der Waals surface area contributed by atoms with E-state index >= 15 is 0 Å². The second kappa shape index (κ2) is 6.77. The van der Waals surface area contributed by atoms with Gasteiger partial charge in [0.2, 0.25) is 10.4 Å². The van der Waals surface area contributed by atoms with E-state index in [1.54, 1.807) is 0 Å². The van der Waals surface area contributed by atoms with Gasteiger partial charge in [-0.15, -0.1) is 10.2 Å². The maximum Gasteiger partial charge on any atom is 0.327 e. The molecule has 1 amide bonds. The minimum atomic E-state index is -1.05. The third-order valence-electron chi connectivity index (χ3n) is 1.63. The number of thioether (sulfide) groups is 1. The van der Waals surface area contributed by atoms with Crippen molar-refractivity contribution in [2.75, 3.05) is 5.75 Å². The molecule has 1 aromatic heterocycles. The van der Waals surface area contributed by atoms with Gasteiger partial charge in [0.25, 0.3) is 0 Å². The Hall–Kier alpha value is -0.860. The van der Waals surface area contributed by atoms with Crippen LogP contribution >= 0.6 is 34.7 Å². The molecule has 0 saturated carbocycles. The first-order valence-corrected chi connectivity index (χ1v) is 6.89. The number of amides is 1. The zero-order valence-corrected chi connectivity index (χ0v) is 11.2. The van der Waals surface area contributed by atoms with E-state index in [0.717, 1.165) is 5.01 Å². The number of carboxylic acid groups (broad SMARTS) is 1. The largest absolute Gasteiger partial charge is 0.480 e. The van der Waals surface area contributed by atoms with Crippen molar-refractivity contribution >= 4 is 46.6 Å². The molecular weight excluding hydrogens is 286 g/mol. The number of nitrogens with zero attached hydrogens (tertiary/aromatic N) is 2. The Morgan fingerprint density at radius 3 is 2.76 bits per heavy atom. The van der Waals surface area contributed by atoms with Crippen molar-refractivity contribution in [2.24, 2.45) is 0 Å². The zero-order chi connectivity index (χ0) is 12.8. The fraction of sp³-hybridized carbons (Fsp3) is 0.500. The minimum Gasteiger partial charge on any atom is -0.480 e. The third kappa shape index (κ3) is 5.33. The molecule has 1 atom stereocenters. The Morgan fingerprint density at radius 1 is 1.59 bits per heavy atom. The predicted molar refractivity (Wildman–Crippen MR) is 66.3 cm³/mol. The first-order chi connectivity index (χ1) is 7.99. The Morgan fingerprint density at radius 2 is 2.29 bits per heavy atom. The van der Waals surface area contributed by atoms with Gasteiger partial charge in [0, 0.05) is 18.4 Å². The smallest absolute Gasteiger partial charge is 0.327 e. The van der Waals surface area contributed by atoms with Crippen LogP contribution in [-0.2, 0) is 15.3 Å². The summed E-state index contributed by atoms with van der Waals surface area (Å²) in [5, 5.41) is 19.4. The molecule has 0 spiro atoms. The van der Waals surface area contributed by atoms with Crippen molar-refractivity contribution < 1.29 is 14.7 Å². The standard InChI is InChI=1S/C8H10ClN3O3S2/c1-4(13)10-5(7(14)15)2-16-3-6-11-12-8(9)17-6/h5H,2-3H2,1H3,(H,10,13)(H,14,15). The molecule has 1 aromatic rings. The second-order valence-corrected chi connectivity index (χ2v) is 5.73. The number of carboxylic acids is 1. The summed E-state index contributed by atoms with van der Waals surface area (Å²) in [6.07, 6.45) is 0. The summed E-state index contributed by atoms with van der Waals surface area (Å²) < 4.78 is 0.359. The lowest BCUT2D eigenvalue weighted by molar-refractivity contribution is -0.140. The van der Waals surface area contributed by atoms with Crippen molar-refractivity contribution in [2.45, 2.75) is 18.7 Å². The van der Waals surface area contributed by atoms with E-state index in [0.29, 0.717) is 10.2 Å². The van der Waals surface area contributed by atoms with Gasteiger partial charge in [0.15, 0.2) is 0 Å². The van der Waals surface area contributed by atoms with Crippen molar-refractivity contribution in [1.82, 2.24) is 15.5 Å². The van der Waals surface area contributed by atoms with Crippen LogP contribution in [0, 0.1) is 0 Å². The monoisotopic (exact) mass is 295 g/mol. The Balaban J connectivity index is 2.37. The van der Waals surface area contributed by atoms with Crippen molar-refractivity contribution in [3.63, 3.8) is 0 Å². The van der Waals surface area contributed by atoms with E-state index in [2.05, 4.69) is 15.5 Å². The van der Waals surface area contributed by atoms with Crippen LogP contribution in [0.2, 0.25) is 4.47 Å². The summed E-state index contributed by atoms with van der Waals surface area (Å²) in [4.78, 5) is 21.6. The molecule has 0 aromatic carbocycles. The second-order valence-electron chi connectivity index (χ2n) is 3.06. The average molecular weight is 296 g/mol. The molecule has 0 aliphatic heterocycles. The highest BCUT2D eigenvalue weighted by Crippen LogP contribution is 2.20. The van der Waals surface area contributed by atoms with Crippen LogP contribution in [0.5, 0.6) is 0 Å². The molecule has 0 radical (unpaired) electrons. The molecule has 9 heteroatoms. The summed E-state index contributed by atoms with van der Waals surface area (Å²) in [7, 11) is 0. The van der Waals surface area contributed by atoms with E-state index < -0.39 is 12.0 Å². The summed E-state index contributed by atoms with van der Waals surface area (Å²) in [5.74, 6) is -0.625. The Labute approximate surface area is 111 Å². The van der Waals surface area contributed by atoms with E-state index in [4.69, 9.17) is 16.7 Å². The fourth-order valence-corrected chi connectivity index (χ4v) is 2.94. The van der Waals surface area contributed by atoms with Gasteiger partial charge in [-0.25, -0.2) is 4.79 Å². The molecule has 0 saturated heterocycles. The third-order valence-corrected chi connectivity index (χ3v) is 3.88. The molecule has 1 heterocycles. The van der Waals surface area contributed by atoms with Crippen LogP contribution in [0.3, 0.4) is 0 Å². The lowest BCUT2D eigenvalue weighted by Gasteiger charge is -2.11. The zero-order valence-electron chi connectivity index (χ0n) is 8.84. The van der Waals surface area contributed by atoms with Gasteiger partial charge < -0.3 is 10.4 Å².